The second-order valence-electron chi connectivity index (χ2n) is 4.29. The standard InChI is InChI=1S/C12H12ClFO3/c1-17-11-7(2-3-8(14)10(11)13)12(4-5-12)6-9(15)16/h2-3H,4-6H2,1H3,(H,15,16). The van der Waals surface area contributed by atoms with Gasteiger partial charge in [-0.15, -0.1) is 0 Å². The Bertz CT molecular complexity index is 469. The summed E-state index contributed by atoms with van der Waals surface area (Å²) >= 11 is 5.82. The molecule has 0 aromatic heterocycles. The summed E-state index contributed by atoms with van der Waals surface area (Å²) in [6.45, 7) is 0. The fourth-order valence-electron chi connectivity index (χ4n) is 2.13. The summed E-state index contributed by atoms with van der Waals surface area (Å²) in [5, 5.41) is 8.81. The van der Waals surface area contributed by atoms with Crippen LogP contribution in [-0.4, -0.2) is 18.2 Å². The highest BCUT2D eigenvalue weighted by atomic mass is 35.5. The van der Waals surface area contributed by atoms with Gasteiger partial charge in [-0.1, -0.05) is 17.7 Å². The fraction of sp³-hybridized carbons (Fsp3) is 0.417. The molecular weight excluding hydrogens is 247 g/mol. The van der Waals surface area contributed by atoms with E-state index in [2.05, 4.69) is 0 Å². The molecule has 0 saturated heterocycles. The third kappa shape index (κ3) is 2.09. The van der Waals surface area contributed by atoms with Gasteiger partial charge in [-0.25, -0.2) is 4.39 Å². The van der Waals surface area contributed by atoms with Crippen molar-refractivity contribution in [1.82, 2.24) is 0 Å². The van der Waals surface area contributed by atoms with Crippen molar-refractivity contribution in [2.45, 2.75) is 24.7 Å². The lowest BCUT2D eigenvalue weighted by atomic mass is 9.91. The van der Waals surface area contributed by atoms with Gasteiger partial charge in [0.25, 0.3) is 0 Å². The summed E-state index contributed by atoms with van der Waals surface area (Å²) < 4.78 is 18.4. The summed E-state index contributed by atoms with van der Waals surface area (Å²) in [4.78, 5) is 10.8. The van der Waals surface area contributed by atoms with Crippen molar-refractivity contribution in [3.63, 3.8) is 0 Å². The van der Waals surface area contributed by atoms with Crippen molar-refractivity contribution in [2.75, 3.05) is 7.11 Å². The first-order valence-electron chi connectivity index (χ1n) is 5.24. The lowest BCUT2D eigenvalue weighted by Crippen LogP contribution is -2.14. The maximum absolute atomic E-state index is 13.3. The fourth-order valence-corrected chi connectivity index (χ4v) is 2.37. The highest BCUT2D eigenvalue weighted by molar-refractivity contribution is 6.32. The van der Waals surface area contributed by atoms with E-state index in [0.29, 0.717) is 5.56 Å². The summed E-state index contributed by atoms with van der Waals surface area (Å²) in [6.07, 6.45) is 1.54. The third-order valence-electron chi connectivity index (χ3n) is 3.17. The van der Waals surface area contributed by atoms with Gasteiger partial charge in [-0.05, 0) is 18.9 Å². The first kappa shape index (κ1) is 12.2. The van der Waals surface area contributed by atoms with Crippen LogP contribution in [0.3, 0.4) is 0 Å². The molecule has 5 heteroatoms. The Hall–Kier alpha value is -1.29. The number of carboxylic acid groups (broad SMARTS) is 1. The van der Waals surface area contributed by atoms with Crippen molar-refractivity contribution in [2.24, 2.45) is 0 Å². The molecule has 0 atom stereocenters. The largest absolute Gasteiger partial charge is 0.495 e. The minimum Gasteiger partial charge on any atom is -0.495 e. The number of hydrogen-bond acceptors (Lipinski definition) is 2. The van der Waals surface area contributed by atoms with Crippen molar-refractivity contribution < 1.29 is 19.0 Å². The molecule has 17 heavy (non-hydrogen) atoms. The first-order chi connectivity index (χ1) is 8.00. The minimum absolute atomic E-state index is 0.0192. The van der Waals surface area contributed by atoms with Crippen LogP contribution < -0.4 is 4.74 Å². The highest BCUT2D eigenvalue weighted by Gasteiger charge is 2.48. The van der Waals surface area contributed by atoms with Gasteiger partial charge in [-0.2, -0.15) is 0 Å². The maximum atomic E-state index is 13.3. The van der Waals surface area contributed by atoms with Gasteiger partial charge in [0.15, 0.2) is 0 Å². The second-order valence-corrected chi connectivity index (χ2v) is 4.67. The Morgan fingerprint density at radius 1 is 1.59 bits per heavy atom. The SMILES string of the molecule is COc1c(C2(CC(=O)O)CC2)ccc(F)c1Cl. The lowest BCUT2D eigenvalue weighted by molar-refractivity contribution is -0.137. The molecule has 0 heterocycles. The zero-order valence-corrected chi connectivity index (χ0v) is 10.1. The average molecular weight is 259 g/mol. The molecule has 1 aliphatic rings. The highest BCUT2D eigenvalue weighted by Crippen LogP contribution is 2.55. The molecule has 0 unspecified atom stereocenters. The molecule has 1 saturated carbocycles. The van der Waals surface area contributed by atoms with Gasteiger partial charge in [0.1, 0.15) is 16.6 Å². The monoisotopic (exact) mass is 258 g/mol. The number of aliphatic carboxylic acids is 1. The third-order valence-corrected chi connectivity index (χ3v) is 3.52. The molecule has 3 nitrogen and oxygen atoms in total. The molecule has 1 fully saturated rings. The van der Waals surface area contributed by atoms with E-state index in [1.807, 2.05) is 0 Å². The summed E-state index contributed by atoms with van der Waals surface area (Å²) in [5.41, 5.74) is 0.253. The molecule has 0 bridgehead atoms. The quantitative estimate of drug-likeness (QED) is 0.903. The lowest BCUT2D eigenvalue weighted by Gasteiger charge is -2.18. The van der Waals surface area contributed by atoms with Crippen LogP contribution in [0.5, 0.6) is 5.75 Å². The van der Waals surface area contributed by atoms with E-state index in [0.717, 1.165) is 12.8 Å². The molecule has 0 radical (unpaired) electrons. The zero-order chi connectivity index (χ0) is 12.6. The molecule has 0 aliphatic heterocycles. The Morgan fingerprint density at radius 3 is 2.71 bits per heavy atom. The topological polar surface area (TPSA) is 46.5 Å². The Morgan fingerprint density at radius 2 is 2.24 bits per heavy atom. The molecule has 2 rings (SSSR count). The molecule has 92 valence electrons. The average Bonchev–Trinajstić information content (AvgIpc) is 3.01. The molecule has 1 aromatic rings. The molecule has 0 spiro atoms. The van der Waals surface area contributed by atoms with Gasteiger partial charge in [0.05, 0.1) is 13.5 Å². The van der Waals surface area contributed by atoms with Gasteiger partial charge in [-0.3, -0.25) is 4.79 Å². The van der Waals surface area contributed by atoms with Crippen LogP contribution in [0.15, 0.2) is 12.1 Å². The van der Waals surface area contributed by atoms with Gasteiger partial charge in [0.2, 0.25) is 0 Å². The Balaban J connectivity index is 2.46. The minimum atomic E-state index is -0.870. The predicted octanol–water partition coefficient (Wildman–Crippen LogP) is 2.99. The Kier molecular flexibility index (Phi) is 3.00. The number of benzene rings is 1. The van der Waals surface area contributed by atoms with Gasteiger partial charge >= 0.3 is 5.97 Å². The molecule has 0 amide bonds. The van der Waals surface area contributed by atoms with Crippen molar-refractivity contribution in [3.8, 4) is 5.75 Å². The van der Waals surface area contributed by atoms with E-state index in [1.165, 1.54) is 13.2 Å². The van der Waals surface area contributed by atoms with Crippen LogP contribution in [0.1, 0.15) is 24.8 Å². The van der Waals surface area contributed by atoms with Crippen LogP contribution in [0.4, 0.5) is 4.39 Å². The van der Waals surface area contributed by atoms with Crippen LogP contribution in [0, 0.1) is 5.82 Å². The van der Waals surface area contributed by atoms with Crippen molar-refractivity contribution in [1.29, 1.82) is 0 Å². The zero-order valence-electron chi connectivity index (χ0n) is 9.30. The van der Waals surface area contributed by atoms with E-state index in [1.54, 1.807) is 6.07 Å². The number of halogens is 2. The van der Waals surface area contributed by atoms with Crippen molar-refractivity contribution in [3.05, 3.63) is 28.5 Å². The van der Waals surface area contributed by atoms with E-state index in [9.17, 15) is 9.18 Å². The number of methoxy groups -OCH3 is 1. The number of ether oxygens (including phenoxy) is 1. The maximum Gasteiger partial charge on any atom is 0.304 e. The molecule has 1 N–H and O–H groups in total. The van der Waals surface area contributed by atoms with Crippen LogP contribution >= 0.6 is 11.6 Å². The van der Waals surface area contributed by atoms with E-state index in [4.69, 9.17) is 21.4 Å². The smallest absolute Gasteiger partial charge is 0.304 e. The number of carboxylic acids is 1. The van der Waals surface area contributed by atoms with Crippen LogP contribution in [0.2, 0.25) is 5.02 Å². The van der Waals surface area contributed by atoms with E-state index < -0.39 is 17.2 Å². The molecular formula is C12H12ClFO3. The van der Waals surface area contributed by atoms with Gasteiger partial charge in [0, 0.05) is 11.0 Å². The van der Waals surface area contributed by atoms with E-state index in [-0.39, 0.29) is 17.2 Å². The summed E-state index contributed by atoms with van der Waals surface area (Å²) in [5.74, 6) is -1.17. The first-order valence-corrected chi connectivity index (χ1v) is 5.62. The second kappa shape index (κ2) is 4.18. The number of carbonyl (C=O) groups is 1. The summed E-state index contributed by atoms with van der Waals surface area (Å²) in [7, 11) is 1.40. The summed E-state index contributed by atoms with van der Waals surface area (Å²) in [6, 6.07) is 2.82. The number of hydrogen-bond donors (Lipinski definition) is 1. The normalized spacial score (nSPS) is 16.6. The van der Waals surface area contributed by atoms with Crippen LogP contribution in [0.25, 0.3) is 0 Å². The van der Waals surface area contributed by atoms with E-state index >= 15 is 0 Å². The molecule has 1 aliphatic carbocycles. The Labute approximate surface area is 103 Å². The van der Waals surface area contributed by atoms with Crippen molar-refractivity contribution >= 4 is 17.6 Å². The predicted molar refractivity (Wildman–Crippen MR) is 61.1 cm³/mol. The van der Waals surface area contributed by atoms with Gasteiger partial charge < -0.3 is 9.84 Å². The number of rotatable bonds is 4. The van der Waals surface area contributed by atoms with Crippen LogP contribution in [-0.2, 0) is 10.2 Å². The molecule has 1 aromatic carbocycles.